The zero-order chi connectivity index (χ0) is 16.1. The SMILES string of the molecule is FC(F)c1nc(NCCN2CCCCCC2)c2ccccc2n1. The third-order valence-corrected chi connectivity index (χ3v) is 4.23. The number of fused-ring (bicyclic) bond motifs is 1. The molecule has 0 atom stereocenters. The summed E-state index contributed by atoms with van der Waals surface area (Å²) in [6.45, 7) is 3.84. The monoisotopic (exact) mass is 320 g/mol. The normalized spacial score (nSPS) is 16.7. The summed E-state index contributed by atoms with van der Waals surface area (Å²) in [6.07, 6.45) is 2.43. The summed E-state index contributed by atoms with van der Waals surface area (Å²) in [5.41, 5.74) is 0.551. The van der Waals surface area contributed by atoms with Gasteiger partial charge in [0.1, 0.15) is 5.82 Å². The largest absolute Gasteiger partial charge is 0.368 e. The molecular formula is C17H22F2N4. The number of hydrogen-bond donors (Lipinski definition) is 1. The molecule has 2 heterocycles. The number of nitrogens with zero attached hydrogens (tertiary/aromatic N) is 3. The van der Waals surface area contributed by atoms with E-state index >= 15 is 0 Å². The fourth-order valence-corrected chi connectivity index (χ4v) is 3.02. The van der Waals surface area contributed by atoms with Crippen LogP contribution in [-0.4, -0.2) is 41.0 Å². The minimum atomic E-state index is -2.66. The molecule has 0 spiro atoms. The number of hydrogen-bond acceptors (Lipinski definition) is 4. The van der Waals surface area contributed by atoms with Gasteiger partial charge in [-0.1, -0.05) is 25.0 Å². The van der Waals surface area contributed by atoms with Crippen LogP contribution in [0.5, 0.6) is 0 Å². The Hall–Kier alpha value is -1.82. The van der Waals surface area contributed by atoms with Gasteiger partial charge in [-0.25, -0.2) is 18.7 Å². The number of likely N-dealkylation sites (tertiary alicyclic amines) is 1. The van der Waals surface area contributed by atoms with Gasteiger partial charge in [-0.3, -0.25) is 0 Å². The molecule has 1 aromatic carbocycles. The van der Waals surface area contributed by atoms with E-state index in [4.69, 9.17) is 0 Å². The van der Waals surface area contributed by atoms with E-state index in [-0.39, 0.29) is 0 Å². The topological polar surface area (TPSA) is 41.1 Å². The lowest BCUT2D eigenvalue weighted by atomic mass is 10.2. The summed E-state index contributed by atoms with van der Waals surface area (Å²) in [5.74, 6) is 0.0849. The van der Waals surface area contributed by atoms with Crippen molar-refractivity contribution in [3.63, 3.8) is 0 Å². The first-order chi connectivity index (χ1) is 11.2. The van der Waals surface area contributed by atoms with E-state index in [0.29, 0.717) is 17.9 Å². The third-order valence-electron chi connectivity index (χ3n) is 4.23. The smallest absolute Gasteiger partial charge is 0.297 e. The van der Waals surface area contributed by atoms with E-state index in [0.717, 1.165) is 25.0 Å². The molecule has 23 heavy (non-hydrogen) atoms. The number of rotatable bonds is 5. The average Bonchev–Trinajstić information content (AvgIpc) is 2.83. The van der Waals surface area contributed by atoms with Crippen molar-refractivity contribution in [1.82, 2.24) is 14.9 Å². The van der Waals surface area contributed by atoms with Gasteiger partial charge in [0.25, 0.3) is 6.43 Å². The number of alkyl halides is 2. The third kappa shape index (κ3) is 4.13. The zero-order valence-corrected chi connectivity index (χ0v) is 13.1. The second-order valence-corrected chi connectivity index (χ2v) is 5.93. The first-order valence-electron chi connectivity index (χ1n) is 8.25. The fourth-order valence-electron chi connectivity index (χ4n) is 3.02. The first-order valence-corrected chi connectivity index (χ1v) is 8.25. The Kier molecular flexibility index (Phi) is 5.33. The maximum atomic E-state index is 13.0. The highest BCUT2D eigenvalue weighted by atomic mass is 19.3. The lowest BCUT2D eigenvalue weighted by Gasteiger charge is -2.20. The Morgan fingerprint density at radius 3 is 2.52 bits per heavy atom. The van der Waals surface area contributed by atoms with Crippen molar-refractivity contribution >= 4 is 16.7 Å². The minimum Gasteiger partial charge on any atom is -0.368 e. The van der Waals surface area contributed by atoms with E-state index in [1.807, 2.05) is 12.1 Å². The molecule has 0 amide bonds. The van der Waals surface area contributed by atoms with Crippen molar-refractivity contribution in [3.05, 3.63) is 30.1 Å². The van der Waals surface area contributed by atoms with Gasteiger partial charge in [0, 0.05) is 18.5 Å². The van der Waals surface area contributed by atoms with E-state index in [2.05, 4.69) is 20.2 Å². The molecule has 0 unspecified atom stereocenters. The molecule has 0 aliphatic carbocycles. The van der Waals surface area contributed by atoms with Gasteiger partial charge >= 0.3 is 0 Å². The Morgan fingerprint density at radius 1 is 1.04 bits per heavy atom. The molecule has 2 aromatic rings. The van der Waals surface area contributed by atoms with Crippen LogP contribution in [0.2, 0.25) is 0 Å². The first kappa shape index (κ1) is 16.1. The number of nitrogens with one attached hydrogen (secondary N) is 1. The average molecular weight is 320 g/mol. The van der Waals surface area contributed by atoms with Crippen molar-refractivity contribution in [2.75, 3.05) is 31.5 Å². The maximum absolute atomic E-state index is 13.0. The van der Waals surface area contributed by atoms with Crippen molar-refractivity contribution in [2.24, 2.45) is 0 Å². The molecule has 1 aromatic heterocycles. The number of para-hydroxylation sites is 1. The fraction of sp³-hybridized carbons (Fsp3) is 0.529. The summed E-state index contributed by atoms with van der Waals surface area (Å²) in [4.78, 5) is 10.4. The number of anilines is 1. The van der Waals surface area contributed by atoms with Crippen LogP contribution < -0.4 is 5.32 Å². The molecule has 124 valence electrons. The van der Waals surface area contributed by atoms with Crippen molar-refractivity contribution < 1.29 is 8.78 Å². The van der Waals surface area contributed by atoms with E-state index in [9.17, 15) is 8.78 Å². The van der Waals surface area contributed by atoms with Crippen LogP contribution in [0.1, 0.15) is 37.9 Å². The van der Waals surface area contributed by atoms with Crippen LogP contribution in [0.15, 0.2) is 24.3 Å². The van der Waals surface area contributed by atoms with Gasteiger partial charge in [0.2, 0.25) is 0 Å². The van der Waals surface area contributed by atoms with Gasteiger partial charge in [-0.05, 0) is 38.1 Å². The summed E-state index contributed by atoms with van der Waals surface area (Å²) < 4.78 is 25.9. The highest BCUT2D eigenvalue weighted by molar-refractivity contribution is 5.88. The number of halogens is 2. The van der Waals surface area contributed by atoms with Crippen LogP contribution in [0, 0.1) is 0 Å². The van der Waals surface area contributed by atoms with Crippen LogP contribution in [-0.2, 0) is 0 Å². The molecule has 1 aliphatic rings. The molecule has 0 saturated carbocycles. The highest BCUT2D eigenvalue weighted by Gasteiger charge is 2.15. The van der Waals surface area contributed by atoms with Crippen LogP contribution in [0.3, 0.4) is 0 Å². The van der Waals surface area contributed by atoms with Crippen LogP contribution in [0.25, 0.3) is 10.9 Å². The predicted molar refractivity (Wildman–Crippen MR) is 87.9 cm³/mol. The second kappa shape index (κ2) is 7.64. The standard InChI is InChI=1S/C17H22F2N4/c18-15(19)17-21-14-8-4-3-7-13(14)16(22-17)20-9-12-23-10-5-1-2-6-11-23/h3-4,7-8,15H,1-2,5-6,9-12H2,(H,20,21,22). The number of aromatic nitrogens is 2. The Labute approximate surface area is 134 Å². The minimum absolute atomic E-state index is 0.416. The van der Waals surface area contributed by atoms with E-state index in [1.165, 1.54) is 25.7 Å². The predicted octanol–water partition coefficient (Wildman–Crippen LogP) is 3.86. The molecule has 1 fully saturated rings. The van der Waals surface area contributed by atoms with Gasteiger partial charge in [0.15, 0.2) is 5.82 Å². The summed E-state index contributed by atoms with van der Waals surface area (Å²) >= 11 is 0. The van der Waals surface area contributed by atoms with Crippen molar-refractivity contribution in [3.8, 4) is 0 Å². The Bertz CT molecular complexity index is 640. The van der Waals surface area contributed by atoms with Gasteiger partial charge in [0.05, 0.1) is 5.52 Å². The molecule has 4 nitrogen and oxygen atoms in total. The summed E-state index contributed by atoms with van der Waals surface area (Å²) in [6, 6.07) is 7.26. The number of benzene rings is 1. The quantitative estimate of drug-likeness (QED) is 0.908. The Morgan fingerprint density at radius 2 is 1.78 bits per heavy atom. The van der Waals surface area contributed by atoms with Gasteiger partial charge in [-0.15, -0.1) is 0 Å². The van der Waals surface area contributed by atoms with Crippen molar-refractivity contribution in [1.29, 1.82) is 0 Å². The molecule has 1 saturated heterocycles. The molecule has 0 radical (unpaired) electrons. The highest BCUT2D eigenvalue weighted by Crippen LogP contribution is 2.24. The van der Waals surface area contributed by atoms with Gasteiger partial charge in [-0.2, -0.15) is 0 Å². The lowest BCUT2D eigenvalue weighted by Crippen LogP contribution is -2.30. The van der Waals surface area contributed by atoms with Crippen LogP contribution in [0.4, 0.5) is 14.6 Å². The second-order valence-electron chi connectivity index (χ2n) is 5.93. The van der Waals surface area contributed by atoms with Crippen LogP contribution >= 0.6 is 0 Å². The molecule has 1 aliphatic heterocycles. The van der Waals surface area contributed by atoms with E-state index < -0.39 is 12.2 Å². The van der Waals surface area contributed by atoms with E-state index in [1.54, 1.807) is 12.1 Å². The molecule has 6 heteroatoms. The van der Waals surface area contributed by atoms with Gasteiger partial charge < -0.3 is 10.2 Å². The van der Waals surface area contributed by atoms with Crippen molar-refractivity contribution in [2.45, 2.75) is 32.1 Å². The molecule has 3 rings (SSSR count). The molecule has 1 N–H and O–H groups in total. The summed E-state index contributed by atoms with van der Waals surface area (Å²) in [7, 11) is 0. The zero-order valence-electron chi connectivity index (χ0n) is 13.1. The molecular weight excluding hydrogens is 298 g/mol. The Balaban J connectivity index is 1.71. The summed E-state index contributed by atoms with van der Waals surface area (Å²) in [5, 5.41) is 4.01. The molecule has 0 bridgehead atoms. The maximum Gasteiger partial charge on any atom is 0.297 e. The lowest BCUT2D eigenvalue weighted by molar-refractivity contribution is 0.141.